The highest BCUT2D eigenvalue weighted by Crippen LogP contribution is 2.14. The first-order valence-corrected chi connectivity index (χ1v) is 4.95. The molecule has 1 heterocycles. The molecule has 0 radical (unpaired) electrons. The number of hydrogen-bond acceptors (Lipinski definition) is 2. The van der Waals surface area contributed by atoms with Gasteiger partial charge in [0.15, 0.2) is 0 Å². The van der Waals surface area contributed by atoms with Crippen LogP contribution in [0, 0.1) is 0 Å². The topological polar surface area (TPSA) is 24.1 Å². The molecule has 2 rings (SSSR count). The third-order valence-corrected chi connectivity index (χ3v) is 2.60. The van der Waals surface area contributed by atoms with Gasteiger partial charge in [0, 0.05) is 19.1 Å². The summed E-state index contributed by atoms with van der Waals surface area (Å²) in [5, 5.41) is 6.62. The first-order valence-electron chi connectivity index (χ1n) is 4.52. The van der Waals surface area contributed by atoms with Gasteiger partial charge in [-0.25, -0.2) is 0 Å². The first kappa shape index (κ1) is 9.00. The lowest BCUT2D eigenvalue weighted by Crippen LogP contribution is -2.47. The van der Waals surface area contributed by atoms with Gasteiger partial charge in [-0.05, 0) is 5.56 Å². The second-order valence-corrected chi connectivity index (χ2v) is 3.77. The van der Waals surface area contributed by atoms with Crippen LogP contribution in [0.5, 0.6) is 0 Å². The van der Waals surface area contributed by atoms with Crippen LogP contribution < -0.4 is 10.6 Å². The molecule has 70 valence electrons. The summed E-state index contributed by atoms with van der Waals surface area (Å²) in [5.74, 6) is 0. The fourth-order valence-electron chi connectivity index (χ4n) is 1.56. The summed E-state index contributed by atoms with van der Waals surface area (Å²) in [5.41, 5.74) is 1.39. The van der Waals surface area contributed by atoms with Gasteiger partial charge in [0.05, 0.1) is 5.50 Å². The minimum atomic E-state index is 0.0694. The smallest absolute Gasteiger partial charge is 0.0952 e. The summed E-state index contributed by atoms with van der Waals surface area (Å²) in [6.07, 6.45) is 0. The zero-order valence-corrected chi connectivity index (χ0v) is 8.09. The van der Waals surface area contributed by atoms with E-state index in [2.05, 4.69) is 34.9 Å². The van der Waals surface area contributed by atoms with E-state index < -0.39 is 0 Å². The van der Waals surface area contributed by atoms with Crippen molar-refractivity contribution in [1.82, 2.24) is 10.6 Å². The van der Waals surface area contributed by atoms with Gasteiger partial charge in [0.2, 0.25) is 0 Å². The van der Waals surface area contributed by atoms with Crippen molar-refractivity contribution in [3.8, 4) is 0 Å². The molecular weight excluding hydrogens is 184 g/mol. The molecule has 1 aliphatic rings. The maximum absolute atomic E-state index is 5.90. The highest BCUT2D eigenvalue weighted by atomic mass is 35.5. The SMILES string of the molecule is ClC1CNC(c2ccccc2)CN1. The van der Waals surface area contributed by atoms with Gasteiger partial charge >= 0.3 is 0 Å². The van der Waals surface area contributed by atoms with Gasteiger partial charge in [0.25, 0.3) is 0 Å². The predicted octanol–water partition coefficient (Wildman–Crippen LogP) is 1.49. The van der Waals surface area contributed by atoms with E-state index in [4.69, 9.17) is 11.6 Å². The number of halogens is 1. The molecule has 1 aromatic rings. The third kappa shape index (κ3) is 2.21. The molecule has 0 spiro atoms. The van der Waals surface area contributed by atoms with Crippen LogP contribution in [0.4, 0.5) is 0 Å². The van der Waals surface area contributed by atoms with Crippen molar-refractivity contribution < 1.29 is 0 Å². The van der Waals surface area contributed by atoms with Gasteiger partial charge in [-0.2, -0.15) is 0 Å². The maximum Gasteiger partial charge on any atom is 0.0952 e. The minimum Gasteiger partial charge on any atom is -0.306 e. The van der Waals surface area contributed by atoms with E-state index in [-0.39, 0.29) is 5.50 Å². The van der Waals surface area contributed by atoms with E-state index in [0.29, 0.717) is 6.04 Å². The molecule has 0 aliphatic carbocycles. The quantitative estimate of drug-likeness (QED) is 0.525. The second-order valence-electron chi connectivity index (χ2n) is 3.25. The Labute approximate surface area is 83.3 Å². The first-order chi connectivity index (χ1) is 6.36. The fourth-order valence-corrected chi connectivity index (χ4v) is 1.74. The molecule has 13 heavy (non-hydrogen) atoms. The average Bonchev–Trinajstić information content (AvgIpc) is 2.20. The van der Waals surface area contributed by atoms with Gasteiger partial charge < -0.3 is 5.32 Å². The fraction of sp³-hybridized carbons (Fsp3) is 0.400. The van der Waals surface area contributed by atoms with Crippen molar-refractivity contribution in [2.24, 2.45) is 0 Å². The van der Waals surface area contributed by atoms with E-state index >= 15 is 0 Å². The second kappa shape index (κ2) is 4.09. The molecule has 1 aromatic carbocycles. The van der Waals surface area contributed by atoms with E-state index in [1.165, 1.54) is 5.56 Å². The van der Waals surface area contributed by atoms with Crippen molar-refractivity contribution in [2.75, 3.05) is 13.1 Å². The molecule has 3 heteroatoms. The number of piperazine rings is 1. The zero-order chi connectivity index (χ0) is 9.10. The predicted molar refractivity (Wildman–Crippen MR) is 54.8 cm³/mol. The van der Waals surface area contributed by atoms with Crippen LogP contribution >= 0.6 is 11.6 Å². The summed E-state index contributed by atoms with van der Waals surface area (Å²) < 4.78 is 0. The Balaban J connectivity index is 2.03. The molecule has 1 fully saturated rings. The van der Waals surface area contributed by atoms with Crippen LogP contribution in [0.15, 0.2) is 30.3 Å². The minimum absolute atomic E-state index is 0.0694. The molecule has 0 aromatic heterocycles. The van der Waals surface area contributed by atoms with Gasteiger partial charge in [-0.1, -0.05) is 30.3 Å². The van der Waals surface area contributed by atoms with E-state index in [0.717, 1.165) is 13.1 Å². The van der Waals surface area contributed by atoms with E-state index in [1.807, 2.05) is 6.07 Å². The van der Waals surface area contributed by atoms with Gasteiger partial charge in [-0.3, -0.25) is 5.32 Å². The van der Waals surface area contributed by atoms with Crippen LogP contribution in [-0.4, -0.2) is 18.6 Å². The lowest BCUT2D eigenvalue weighted by molar-refractivity contribution is 0.407. The summed E-state index contributed by atoms with van der Waals surface area (Å²) in [6, 6.07) is 10.8. The van der Waals surface area contributed by atoms with Crippen LogP contribution in [-0.2, 0) is 0 Å². The highest BCUT2D eigenvalue weighted by molar-refractivity contribution is 6.20. The number of alkyl halides is 1. The Hall–Kier alpha value is -0.570. The molecule has 1 aliphatic heterocycles. The molecular formula is C10H13ClN2. The molecule has 2 unspecified atom stereocenters. The number of hydrogen-bond donors (Lipinski definition) is 2. The van der Waals surface area contributed by atoms with Crippen LogP contribution in [0.2, 0.25) is 0 Å². The number of nitrogens with one attached hydrogen (secondary N) is 2. The standard InChI is InChI=1S/C10H13ClN2/c11-10-7-12-9(6-13-10)8-4-2-1-3-5-8/h1-5,9-10,12-13H,6-7H2. The Bertz CT molecular complexity index is 255. The normalized spacial score (nSPS) is 28.7. The van der Waals surface area contributed by atoms with Crippen LogP contribution in [0.1, 0.15) is 11.6 Å². The number of benzene rings is 1. The van der Waals surface area contributed by atoms with Crippen LogP contribution in [0.3, 0.4) is 0 Å². The van der Waals surface area contributed by atoms with E-state index in [1.54, 1.807) is 0 Å². The molecule has 0 bridgehead atoms. The summed E-state index contributed by atoms with van der Waals surface area (Å²) in [4.78, 5) is 0. The largest absolute Gasteiger partial charge is 0.306 e. The molecule has 1 saturated heterocycles. The van der Waals surface area contributed by atoms with Crippen molar-refractivity contribution >= 4 is 11.6 Å². The molecule has 2 N–H and O–H groups in total. The number of rotatable bonds is 1. The monoisotopic (exact) mass is 196 g/mol. The van der Waals surface area contributed by atoms with Crippen molar-refractivity contribution in [2.45, 2.75) is 11.5 Å². The maximum atomic E-state index is 5.90. The highest BCUT2D eigenvalue weighted by Gasteiger charge is 2.18. The van der Waals surface area contributed by atoms with Gasteiger partial charge in [-0.15, -0.1) is 11.6 Å². The lowest BCUT2D eigenvalue weighted by Gasteiger charge is -2.28. The average molecular weight is 197 g/mol. The molecule has 2 nitrogen and oxygen atoms in total. The lowest BCUT2D eigenvalue weighted by atomic mass is 10.1. The Kier molecular flexibility index (Phi) is 2.83. The Morgan fingerprint density at radius 1 is 1.08 bits per heavy atom. The molecule has 2 atom stereocenters. The third-order valence-electron chi connectivity index (χ3n) is 2.29. The Morgan fingerprint density at radius 2 is 1.85 bits per heavy atom. The van der Waals surface area contributed by atoms with Crippen molar-refractivity contribution in [3.63, 3.8) is 0 Å². The molecule has 0 amide bonds. The van der Waals surface area contributed by atoms with Crippen molar-refractivity contribution in [3.05, 3.63) is 35.9 Å². The zero-order valence-electron chi connectivity index (χ0n) is 7.33. The summed E-state index contributed by atoms with van der Waals surface area (Å²) in [6.45, 7) is 1.72. The van der Waals surface area contributed by atoms with Gasteiger partial charge in [0.1, 0.15) is 0 Å². The van der Waals surface area contributed by atoms with Crippen molar-refractivity contribution in [1.29, 1.82) is 0 Å². The van der Waals surface area contributed by atoms with Crippen LogP contribution in [0.25, 0.3) is 0 Å². The summed E-state index contributed by atoms with van der Waals surface area (Å²) >= 11 is 5.90. The summed E-state index contributed by atoms with van der Waals surface area (Å²) in [7, 11) is 0. The molecule has 0 saturated carbocycles. The van der Waals surface area contributed by atoms with E-state index in [9.17, 15) is 0 Å². The Morgan fingerprint density at radius 3 is 2.46 bits per heavy atom.